The predicted octanol–water partition coefficient (Wildman–Crippen LogP) is 4.07. The third-order valence-electron chi connectivity index (χ3n) is 3.32. The molecular formula is C16H16N2OS. The first kappa shape index (κ1) is 12.9. The van der Waals surface area contributed by atoms with Gasteiger partial charge in [0.15, 0.2) is 0 Å². The summed E-state index contributed by atoms with van der Waals surface area (Å²) in [5.74, 6) is 0.865. The highest BCUT2D eigenvalue weighted by atomic mass is 32.1. The Bertz CT molecular complexity index is 731. The molecule has 1 heterocycles. The van der Waals surface area contributed by atoms with Gasteiger partial charge in [-0.2, -0.15) is 0 Å². The number of fused-ring (bicyclic) bond motifs is 1. The van der Waals surface area contributed by atoms with Crippen molar-refractivity contribution in [3.63, 3.8) is 0 Å². The number of rotatable bonds is 3. The summed E-state index contributed by atoms with van der Waals surface area (Å²) < 4.78 is 7.12. The number of nitrogens with zero attached hydrogens (tertiary/aromatic N) is 1. The van der Waals surface area contributed by atoms with Crippen LogP contribution < -0.4 is 10.5 Å². The number of ether oxygens (including phenoxy) is 1. The lowest BCUT2D eigenvalue weighted by Crippen LogP contribution is -2.00. The normalized spacial score (nSPS) is 10.9. The van der Waals surface area contributed by atoms with E-state index in [1.807, 2.05) is 44.2 Å². The van der Waals surface area contributed by atoms with Gasteiger partial charge in [-0.3, -0.25) is 0 Å². The molecule has 20 heavy (non-hydrogen) atoms. The van der Waals surface area contributed by atoms with Crippen LogP contribution in [0.2, 0.25) is 0 Å². The minimum atomic E-state index is 0.477. The van der Waals surface area contributed by atoms with Gasteiger partial charge in [-0.05, 0) is 37.6 Å². The Labute approximate surface area is 122 Å². The molecule has 0 fully saturated rings. The van der Waals surface area contributed by atoms with Crippen LogP contribution in [0.25, 0.3) is 10.2 Å². The van der Waals surface area contributed by atoms with Crippen molar-refractivity contribution in [2.45, 2.75) is 20.5 Å². The first-order chi connectivity index (χ1) is 9.65. The minimum Gasteiger partial charge on any atom is -0.486 e. The van der Waals surface area contributed by atoms with E-state index in [1.165, 1.54) is 4.70 Å². The SMILES string of the molecule is Cc1ccc(N)c(C)c1OCc1nc2ccccc2s1. The number of para-hydroxylation sites is 1. The van der Waals surface area contributed by atoms with Crippen LogP contribution in [0.5, 0.6) is 5.75 Å². The van der Waals surface area contributed by atoms with Crippen LogP contribution in [0.15, 0.2) is 36.4 Å². The second-order valence-electron chi connectivity index (χ2n) is 4.79. The van der Waals surface area contributed by atoms with Crippen LogP contribution in [0.3, 0.4) is 0 Å². The molecular weight excluding hydrogens is 268 g/mol. The molecule has 0 saturated carbocycles. The van der Waals surface area contributed by atoms with Crippen molar-refractivity contribution in [1.29, 1.82) is 0 Å². The van der Waals surface area contributed by atoms with Gasteiger partial charge in [0.25, 0.3) is 0 Å². The van der Waals surface area contributed by atoms with Gasteiger partial charge in [0, 0.05) is 11.3 Å². The molecule has 102 valence electrons. The number of thiazole rings is 1. The summed E-state index contributed by atoms with van der Waals surface area (Å²) >= 11 is 1.67. The van der Waals surface area contributed by atoms with Gasteiger partial charge in [0.1, 0.15) is 17.4 Å². The molecule has 0 saturated heterocycles. The quantitative estimate of drug-likeness (QED) is 0.737. The van der Waals surface area contributed by atoms with Gasteiger partial charge < -0.3 is 10.5 Å². The molecule has 2 aromatic carbocycles. The van der Waals surface area contributed by atoms with E-state index in [0.717, 1.165) is 33.1 Å². The smallest absolute Gasteiger partial charge is 0.140 e. The molecule has 0 bridgehead atoms. The molecule has 3 aromatic rings. The van der Waals surface area contributed by atoms with E-state index in [-0.39, 0.29) is 0 Å². The number of benzene rings is 2. The number of aryl methyl sites for hydroxylation is 1. The third-order valence-corrected chi connectivity index (χ3v) is 4.33. The number of aromatic nitrogens is 1. The fourth-order valence-corrected chi connectivity index (χ4v) is 3.06. The maximum atomic E-state index is 5.93. The Kier molecular flexibility index (Phi) is 3.32. The van der Waals surface area contributed by atoms with E-state index in [0.29, 0.717) is 6.61 Å². The van der Waals surface area contributed by atoms with Gasteiger partial charge in [0.2, 0.25) is 0 Å². The highest BCUT2D eigenvalue weighted by molar-refractivity contribution is 7.18. The van der Waals surface area contributed by atoms with Gasteiger partial charge >= 0.3 is 0 Å². The zero-order chi connectivity index (χ0) is 14.1. The molecule has 0 atom stereocenters. The molecule has 2 N–H and O–H groups in total. The summed E-state index contributed by atoms with van der Waals surface area (Å²) in [5.41, 5.74) is 9.80. The molecule has 0 aliphatic heterocycles. The highest BCUT2D eigenvalue weighted by Gasteiger charge is 2.09. The molecule has 0 aliphatic rings. The first-order valence-corrected chi connectivity index (χ1v) is 7.30. The molecule has 0 aliphatic carbocycles. The largest absolute Gasteiger partial charge is 0.486 e. The Balaban J connectivity index is 1.84. The maximum absolute atomic E-state index is 5.93. The number of nitrogen functional groups attached to an aromatic ring is 1. The van der Waals surface area contributed by atoms with Crippen molar-refractivity contribution in [2.75, 3.05) is 5.73 Å². The summed E-state index contributed by atoms with van der Waals surface area (Å²) in [4.78, 5) is 4.57. The Morgan fingerprint density at radius 3 is 2.75 bits per heavy atom. The van der Waals surface area contributed by atoms with Crippen LogP contribution in [0.1, 0.15) is 16.1 Å². The summed E-state index contributed by atoms with van der Waals surface area (Å²) in [6.07, 6.45) is 0. The van der Waals surface area contributed by atoms with E-state index in [9.17, 15) is 0 Å². The zero-order valence-electron chi connectivity index (χ0n) is 11.5. The average Bonchev–Trinajstić information content (AvgIpc) is 2.86. The van der Waals surface area contributed by atoms with Crippen LogP contribution in [-0.2, 0) is 6.61 Å². The molecule has 0 radical (unpaired) electrons. The van der Waals surface area contributed by atoms with Crippen LogP contribution >= 0.6 is 11.3 Å². The topological polar surface area (TPSA) is 48.1 Å². The highest BCUT2D eigenvalue weighted by Crippen LogP contribution is 2.29. The van der Waals surface area contributed by atoms with E-state index in [4.69, 9.17) is 10.5 Å². The second-order valence-corrected chi connectivity index (χ2v) is 5.91. The van der Waals surface area contributed by atoms with Gasteiger partial charge in [-0.15, -0.1) is 11.3 Å². The first-order valence-electron chi connectivity index (χ1n) is 6.48. The van der Waals surface area contributed by atoms with Crippen molar-refractivity contribution in [1.82, 2.24) is 4.98 Å². The van der Waals surface area contributed by atoms with E-state index in [1.54, 1.807) is 11.3 Å². The lowest BCUT2D eigenvalue weighted by atomic mass is 10.1. The molecule has 1 aromatic heterocycles. The van der Waals surface area contributed by atoms with Crippen LogP contribution in [0, 0.1) is 13.8 Å². The lowest BCUT2D eigenvalue weighted by Gasteiger charge is -2.12. The summed E-state index contributed by atoms with van der Waals surface area (Å²) in [5, 5.41) is 0.979. The molecule has 3 nitrogen and oxygen atoms in total. The van der Waals surface area contributed by atoms with Crippen LogP contribution in [-0.4, -0.2) is 4.98 Å². The zero-order valence-corrected chi connectivity index (χ0v) is 12.3. The second kappa shape index (κ2) is 5.13. The van der Waals surface area contributed by atoms with E-state index >= 15 is 0 Å². The standard InChI is InChI=1S/C16H16N2OS/c1-10-7-8-12(17)11(2)16(10)19-9-15-18-13-5-3-4-6-14(13)20-15/h3-8H,9,17H2,1-2H3. The van der Waals surface area contributed by atoms with Crippen molar-refractivity contribution in [2.24, 2.45) is 0 Å². The molecule has 0 amide bonds. The van der Waals surface area contributed by atoms with Crippen molar-refractivity contribution >= 4 is 27.2 Å². The Hall–Kier alpha value is -2.07. The van der Waals surface area contributed by atoms with E-state index in [2.05, 4.69) is 11.1 Å². The fraction of sp³-hybridized carbons (Fsp3) is 0.188. The van der Waals surface area contributed by atoms with Gasteiger partial charge in [-0.1, -0.05) is 18.2 Å². The minimum absolute atomic E-state index is 0.477. The summed E-state index contributed by atoms with van der Waals surface area (Å²) in [6.45, 7) is 4.49. The van der Waals surface area contributed by atoms with Crippen molar-refractivity contribution in [3.8, 4) is 5.75 Å². The predicted molar refractivity (Wildman–Crippen MR) is 84.3 cm³/mol. The van der Waals surface area contributed by atoms with Gasteiger partial charge in [-0.25, -0.2) is 4.98 Å². The monoisotopic (exact) mass is 284 g/mol. The van der Waals surface area contributed by atoms with Gasteiger partial charge in [0.05, 0.1) is 10.2 Å². The van der Waals surface area contributed by atoms with Crippen molar-refractivity contribution < 1.29 is 4.74 Å². The number of hydrogen-bond donors (Lipinski definition) is 1. The maximum Gasteiger partial charge on any atom is 0.140 e. The number of hydrogen-bond acceptors (Lipinski definition) is 4. The average molecular weight is 284 g/mol. The molecule has 0 unspecified atom stereocenters. The van der Waals surface area contributed by atoms with E-state index < -0.39 is 0 Å². The Morgan fingerprint density at radius 2 is 1.95 bits per heavy atom. The van der Waals surface area contributed by atoms with Crippen molar-refractivity contribution in [3.05, 3.63) is 52.5 Å². The lowest BCUT2D eigenvalue weighted by molar-refractivity contribution is 0.302. The molecule has 0 spiro atoms. The fourth-order valence-electron chi connectivity index (χ4n) is 2.18. The molecule has 4 heteroatoms. The Morgan fingerprint density at radius 1 is 1.15 bits per heavy atom. The molecule has 3 rings (SSSR count). The van der Waals surface area contributed by atoms with Crippen LogP contribution in [0.4, 0.5) is 5.69 Å². The summed E-state index contributed by atoms with van der Waals surface area (Å²) in [7, 11) is 0. The summed E-state index contributed by atoms with van der Waals surface area (Å²) in [6, 6.07) is 12.0. The third kappa shape index (κ3) is 2.34. The number of nitrogens with two attached hydrogens (primary N) is 1. The number of anilines is 1.